The van der Waals surface area contributed by atoms with E-state index in [0.29, 0.717) is 5.71 Å². The molecule has 22 heavy (non-hydrogen) atoms. The maximum absolute atomic E-state index is 12.0. The third-order valence-corrected chi connectivity index (χ3v) is 3.38. The number of hydrogen-bond acceptors (Lipinski definition) is 3. The Labute approximate surface area is 130 Å². The van der Waals surface area contributed by atoms with E-state index in [0.717, 1.165) is 18.4 Å². The second kappa shape index (κ2) is 7.41. The van der Waals surface area contributed by atoms with Gasteiger partial charge in [0.2, 0.25) is 0 Å². The van der Waals surface area contributed by atoms with Crippen molar-refractivity contribution in [2.45, 2.75) is 26.7 Å². The number of carbonyl (C=O) groups excluding carboxylic acids is 1. The van der Waals surface area contributed by atoms with Crippen LogP contribution in [-0.2, 0) is 6.42 Å². The van der Waals surface area contributed by atoms with Crippen molar-refractivity contribution < 1.29 is 9.90 Å². The zero-order chi connectivity index (χ0) is 15.9. The summed E-state index contributed by atoms with van der Waals surface area (Å²) in [6.45, 7) is 3.98. The average Bonchev–Trinajstić information content (AvgIpc) is 2.54. The average molecular weight is 296 g/mol. The van der Waals surface area contributed by atoms with E-state index in [4.69, 9.17) is 0 Å². The highest BCUT2D eigenvalue weighted by molar-refractivity contribution is 6.01. The molecule has 2 aromatic rings. The van der Waals surface area contributed by atoms with Gasteiger partial charge >= 0.3 is 0 Å². The van der Waals surface area contributed by atoms with Crippen molar-refractivity contribution in [3.8, 4) is 5.75 Å². The molecule has 1 amide bonds. The molecule has 0 saturated carbocycles. The molecule has 4 heteroatoms. The van der Waals surface area contributed by atoms with Gasteiger partial charge in [-0.2, -0.15) is 5.10 Å². The van der Waals surface area contributed by atoms with E-state index in [1.54, 1.807) is 18.2 Å². The molecular weight excluding hydrogens is 276 g/mol. The largest absolute Gasteiger partial charge is 0.507 e. The smallest absolute Gasteiger partial charge is 0.275 e. The van der Waals surface area contributed by atoms with Crippen LogP contribution in [0.15, 0.2) is 53.6 Å². The second-order valence-electron chi connectivity index (χ2n) is 5.10. The Morgan fingerprint density at radius 1 is 1.14 bits per heavy atom. The van der Waals surface area contributed by atoms with Gasteiger partial charge in [0.25, 0.3) is 5.91 Å². The topological polar surface area (TPSA) is 61.7 Å². The Bertz CT molecular complexity index is 676. The summed E-state index contributed by atoms with van der Waals surface area (Å²) in [4.78, 5) is 12.0. The fourth-order valence-corrected chi connectivity index (χ4v) is 2.13. The van der Waals surface area contributed by atoms with Crippen LogP contribution in [0, 0.1) is 0 Å². The minimum Gasteiger partial charge on any atom is -0.507 e. The molecule has 0 bridgehead atoms. The Balaban J connectivity index is 2.06. The van der Waals surface area contributed by atoms with Crippen molar-refractivity contribution in [1.82, 2.24) is 5.43 Å². The van der Waals surface area contributed by atoms with E-state index >= 15 is 0 Å². The standard InChI is InChI=1S/C18H20N2O2/c1-3-6-14-9-11-15(12-10-14)13(2)19-20-18(22)16-7-4-5-8-17(16)21/h4-5,7-12,21H,3,6H2,1-2H3,(H,20,22)/b19-13-. The summed E-state index contributed by atoms with van der Waals surface area (Å²) in [5.74, 6) is -0.489. The van der Waals surface area contributed by atoms with Crippen LogP contribution in [0.2, 0.25) is 0 Å². The van der Waals surface area contributed by atoms with Crippen molar-refractivity contribution in [2.24, 2.45) is 5.10 Å². The van der Waals surface area contributed by atoms with Crippen molar-refractivity contribution >= 4 is 11.6 Å². The fraction of sp³-hybridized carbons (Fsp3) is 0.222. The number of para-hydroxylation sites is 1. The number of nitrogens with one attached hydrogen (secondary N) is 1. The fourth-order valence-electron chi connectivity index (χ4n) is 2.13. The van der Waals surface area contributed by atoms with E-state index in [-0.39, 0.29) is 11.3 Å². The first kappa shape index (κ1) is 15.8. The molecule has 0 spiro atoms. The minimum atomic E-state index is -0.431. The molecule has 2 aromatic carbocycles. The molecule has 0 aromatic heterocycles. The van der Waals surface area contributed by atoms with Gasteiger partial charge in [-0.1, -0.05) is 49.7 Å². The molecule has 0 aliphatic rings. The zero-order valence-electron chi connectivity index (χ0n) is 12.8. The lowest BCUT2D eigenvalue weighted by atomic mass is 10.1. The first-order valence-electron chi connectivity index (χ1n) is 7.33. The van der Waals surface area contributed by atoms with Gasteiger partial charge in [0, 0.05) is 0 Å². The summed E-state index contributed by atoms with van der Waals surface area (Å²) in [5, 5.41) is 13.7. The summed E-state index contributed by atoms with van der Waals surface area (Å²) in [6.07, 6.45) is 2.17. The van der Waals surface area contributed by atoms with Crippen LogP contribution in [0.3, 0.4) is 0 Å². The molecule has 0 aliphatic heterocycles. The van der Waals surface area contributed by atoms with Gasteiger partial charge in [-0.15, -0.1) is 0 Å². The predicted octanol–water partition coefficient (Wildman–Crippen LogP) is 3.50. The highest BCUT2D eigenvalue weighted by Gasteiger charge is 2.09. The van der Waals surface area contributed by atoms with Crippen molar-refractivity contribution in [1.29, 1.82) is 0 Å². The molecule has 0 aliphatic carbocycles. The zero-order valence-corrected chi connectivity index (χ0v) is 12.8. The molecule has 0 radical (unpaired) electrons. The van der Waals surface area contributed by atoms with Gasteiger partial charge in [-0.25, -0.2) is 5.43 Å². The van der Waals surface area contributed by atoms with E-state index in [1.807, 2.05) is 19.1 Å². The number of hydrogen-bond donors (Lipinski definition) is 2. The van der Waals surface area contributed by atoms with E-state index in [2.05, 4.69) is 29.6 Å². The maximum Gasteiger partial charge on any atom is 0.275 e. The summed E-state index contributed by atoms with van der Waals surface area (Å²) < 4.78 is 0. The quantitative estimate of drug-likeness (QED) is 0.655. The monoisotopic (exact) mass is 296 g/mol. The normalized spacial score (nSPS) is 11.3. The number of phenolic OH excluding ortho intramolecular Hbond substituents is 1. The lowest BCUT2D eigenvalue weighted by molar-refractivity contribution is 0.0952. The van der Waals surface area contributed by atoms with Crippen molar-refractivity contribution in [3.05, 3.63) is 65.2 Å². The number of aromatic hydroxyl groups is 1. The number of rotatable bonds is 5. The van der Waals surface area contributed by atoms with Gasteiger partial charge in [-0.05, 0) is 36.6 Å². The summed E-state index contributed by atoms with van der Waals surface area (Å²) in [6, 6.07) is 14.5. The van der Waals surface area contributed by atoms with Crippen LogP contribution in [-0.4, -0.2) is 16.7 Å². The summed E-state index contributed by atoms with van der Waals surface area (Å²) in [5.41, 5.74) is 5.63. The van der Waals surface area contributed by atoms with Crippen LogP contribution in [0.4, 0.5) is 0 Å². The Morgan fingerprint density at radius 2 is 1.82 bits per heavy atom. The predicted molar refractivity (Wildman–Crippen MR) is 88.2 cm³/mol. The third kappa shape index (κ3) is 3.95. The number of amides is 1. The highest BCUT2D eigenvalue weighted by atomic mass is 16.3. The van der Waals surface area contributed by atoms with Crippen LogP contribution in [0.25, 0.3) is 0 Å². The minimum absolute atomic E-state index is 0.0585. The third-order valence-electron chi connectivity index (χ3n) is 3.38. The van der Waals surface area contributed by atoms with E-state index in [9.17, 15) is 9.90 Å². The maximum atomic E-state index is 12.0. The van der Waals surface area contributed by atoms with Crippen LogP contribution >= 0.6 is 0 Å². The Kier molecular flexibility index (Phi) is 5.31. The molecule has 0 fully saturated rings. The van der Waals surface area contributed by atoms with E-state index < -0.39 is 5.91 Å². The first-order valence-corrected chi connectivity index (χ1v) is 7.33. The van der Waals surface area contributed by atoms with Crippen LogP contribution < -0.4 is 5.43 Å². The van der Waals surface area contributed by atoms with Gasteiger partial charge in [-0.3, -0.25) is 4.79 Å². The molecule has 0 heterocycles. The Morgan fingerprint density at radius 3 is 2.45 bits per heavy atom. The van der Waals surface area contributed by atoms with Gasteiger partial charge < -0.3 is 5.11 Å². The lowest BCUT2D eigenvalue weighted by Crippen LogP contribution is -2.19. The molecular formula is C18H20N2O2. The number of nitrogens with zero attached hydrogens (tertiary/aromatic N) is 1. The SMILES string of the molecule is CCCc1ccc(/C(C)=N\NC(=O)c2ccccc2O)cc1. The molecule has 2 N–H and O–H groups in total. The van der Waals surface area contributed by atoms with Gasteiger partial charge in [0.1, 0.15) is 5.75 Å². The van der Waals surface area contributed by atoms with Gasteiger partial charge in [0.05, 0.1) is 11.3 Å². The number of benzene rings is 2. The molecule has 2 rings (SSSR count). The van der Waals surface area contributed by atoms with Crippen LogP contribution in [0.5, 0.6) is 5.75 Å². The van der Waals surface area contributed by atoms with Crippen molar-refractivity contribution in [2.75, 3.05) is 0 Å². The number of carbonyl (C=O) groups is 1. The molecule has 4 nitrogen and oxygen atoms in total. The van der Waals surface area contributed by atoms with Crippen LogP contribution in [0.1, 0.15) is 41.8 Å². The van der Waals surface area contributed by atoms with Gasteiger partial charge in [0.15, 0.2) is 0 Å². The summed E-state index contributed by atoms with van der Waals surface area (Å²) in [7, 11) is 0. The highest BCUT2D eigenvalue weighted by Crippen LogP contribution is 2.15. The molecule has 0 atom stereocenters. The number of aryl methyl sites for hydroxylation is 1. The number of hydrazone groups is 1. The number of phenols is 1. The van der Waals surface area contributed by atoms with E-state index in [1.165, 1.54) is 11.6 Å². The molecule has 114 valence electrons. The first-order chi connectivity index (χ1) is 10.6. The Hall–Kier alpha value is -2.62. The lowest BCUT2D eigenvalue weighted by Gasteiger charge is -2.05. The molecule has 0 saturated heterocycles. The second-order valence-corrected chi connectivity index (χ2v) is 5.10. The summed E-state index contributed by atoms with van der Waals surface area (Å²) >= 11 is 0. The van der Waals surface area contributed by atoms with Crippen molar-refractivity contribution in [3.63, 3.8) is 0 Å². The molecule has 0 unspecified atom stereocenters.